The third-order valence-corrected chi connectivity index (χ3v) is 8.18. The van der Waals surface area contributed by atoms with Crippen LogP contribution in [0.2, 0.25) is 0 Å². The Morgan fingerprint density at radius 3 is 2.26 bits per heavy atom. The van der Waals surface area contributed by atoms with E-state index in [4.69, 9.17) is 4.99 Å². The van der Waals surface area contributed by atoms with Crippen molar-refractivity contribution in [3.8, 4) is 5.88 Å². The highest BCUT2D eigenvalue weighted by molar-refractivity contribution is 7.89. The molecule has 0 unspecified atom stereocenters. The Hall–Kier alpha value is -3.95. The molecule has 1 heterocycles. The maximum atomic E-state index is 13.3. The van der Waals surface area contributed by atoms with Gasteiger partial charge in [-0.15, -0.1) is 0 Å². The average Bonchev–Trinajstić information content (AvgIpc) is 3.25. The average molecular weight is 533 g/mol. The van der Waals surface area contributed by atoms with E-state index in [1.807, 2.05) is 37.3 Å². The van der Waals surface area contributed by atoms with Gasteiger partial charge in [0, 0.05) is 49.7 Å². The number of H-pyrrole nitrogens is 1. The summed E-state index contributed by atoms with van der Waals surface area (Å²) in [5.41, 5.74) is 3.31. The van der Waals surface area contributed by atoms with E-state index in [1.54, 1.807) is 63.6 Å². The molecular weight excluding hydrogens is 500 g/mol. The fourth-order valence-corrected chi connectivity index (χ4v) is 5.40. The van der Waals surface area contributed by atoms with Gasteiger partial charge in [-0.2, -0.15) is 0 Å². The highest BCUT2D eigenvalue weighted by Crippen LogP contribution is 2.33. The molecule has 4 aromatic rings. The van der Waals surface area contributed by atoms with Gasteiger partial charge in [-0.05, 0) is 48.9 Å². The standard InChI is InChI=1S/C29H32N4O4S/c1-5-6-18-33(4)38(36,37)23-16-17-25-24(19-23)26(28(34)31-25)27(20-10-8-7-9-11-20)30-22-14-12-21(13-15-22)29(35)32(2)3/h7-17,19,31,34H,5-6,18H2,1-4H3. The quantitative estimate of drug-likeness (QED) is 0.290. The number of hydrogen-bond acceptors (Lipinski definition) is 5. The lowest BCUT2D eigenvalue weighted by Crippen LogP contribution is -2.27. The summed E-state index contributed by atoms with van der Waals surface area (Å²) in [6, 6.07) is 21.0. The second-order valence-corrected chi connectivity index (χ2v) is 11.4. The first-order valence-electron chi connectivity index (χ1n) is 12.4. The maximum Gasteiger partial charge on any atom is 0.253 e. The molecule has 1 amide bonds. The number of aromatic hydroxyl groups is 1. The van der Waals surface area contributed by atoms with Crippen molar-refractivity contribution in [3.05, 3.63) is 89.5 Å². The number of fused-ring (bicyclic) bond motifs is 1. The minimum absolute atomic E-state index is 0.115. The second-order valence-electron chi connectivity index (χ2n) is 9.31. The Morgan fingerprint density at radius 2 is 1.63 bits per heavy atom. The highest BCUT2D eigenvalue weighted by Gasteiger charge is 2.24. The van der Waals surface area contributed by atoms with Crippen molar-refractivity contribution in [2.75, 3.05) is 27.7 Å². The van der Waals surface area contributed by atoms with E-state index in [2.05, 4.69) is 4.98 Å². The number of aliphatic imine (C=N–C) groups is 1. The summed E-state index contributed by atoms with van der Waals surface area (Å²) in [5, 5.41) is 11.5. The van der Waals surface area contributed by atoms with Crippen LogP contribution in [0.1, 0.15) is 41.3 Å². The largest absolute Gasteiger partial charge is 0.494 e. The first-order valence-corrected chi connectivity index (χ1v) is 13.8. The lowest BCUT2D eigenvalue weighted by molar-refractivity contribution is 0.0827. The zero-order chi connectivity index (χ0) is 27.4. The minimum atomic E-state index is -3.72. The van der Waals surface area contributed by atoms with Gasteiger partial charge < -0.3 is 15.0 Å². The van der Waals surface area contributed by atoms with Crippen molar-refractivity contribution in [2.45, 2.75) is 24.7 Å². The molecule has 0 saturated carbocycles. The molecule has 9 heteroatoms. The SMILES string of the molecule is CCCCN(C)S(=O)(=O)c1ccc2[nH]c(O)c(C(=Nc3ccc(C(=O)N(C)C)cc3)c3ccccc3)c2c1. The second kappa shape index (κ2) is 11.2. The molecule has 0 aliphatic carbocycles. The third kappa shape index (κ3) is 5.49. The first kappa shape index (κ1) is 27.1. The van der Waals surface area contributed by atoms with Crippen LogP contribution in [0.15, 0.2) is 82.7 Å². The van der Waals surface area contributed by atoms with Crippen LogP contribution in [0.3, 0.4) is 0 Å². The van der Waals surface area contributed by atoms with Crippen LogP contribution in [0, 0.1) is 0 Å². The van der Waals surface area contributed by atoms with Gasteiger partial charge in [0.05, 0.1) is 21.9 Å². The molecule has 0 radical (unpaired) electrons. The van der Waals surface area contributed by atoms with Gasteiger partial charge >= 0.3 is 0 Å². The number of unbranched alkanes of at least 4 members (excludes halogenated alkanes) is 1. The Morgan fingerprint density at radius 1 is 0.947 bits per heavy atom. The Balaban J connectivity index is 1.87. The topological polar surface area (TPSA) is 106 Å². The van der Waals surface area contributed by atoms with Crippen LogP contribution in [-0.2, 0) is 10.0 Å². The van der Waals surface area contributed by atoms with E-state index in [0.717, 1.165) is 18.4 Å². The molecule has 3 aromatic carbocycles. The number of hydrogen-bond donors (Lipinski definition) is 2. The van der Waals surface area contributed by atoms with E-state index in [-0.39, 0.29) is 16.7 Å². The van der Waals surface area contributed by atoms with Crippen molar-refractivity contribution in [1.29, 1.82) is 0 Å². The molecule has 4 rings (SSSR count). The van der Waals surface area contributed by atoms with Crippen LogP contribution in [0.25, 0.3) is 10.9 Å². The Labute approximate surface area is 223 Å². The van der Waals surface area contributed by atoms with Gasteiger partial charge in [-0.1, -0.05) is 43.7 Å². The number of nitrogens with zero attached hydrogens (tertiary/aromatic N) is 3. The van der Waals surface area contributed by atoms with Crippen LogP contribution in [0.5, 0.6) is 5.88 Å². The molecular formula is C29H32N4O4S. The number of aromatic amines is 1. The number of amides is 1. The number of nitrogens with one attached hydrogen (secondary N) is 1. The summed E-state index contributed by atoms with van der Waals surface area (Å²) in [5.74, 6) is -0.230. The van der Waals surface area contributed by atoms with Crippen molar-refractivity contribution in [1.82, 2.24) is 14.2 Å². The third-order valence-electron chi connectivity index (χ3n) is 6.33. The molecule has 38 heavy (non-hydrogen) atoms. The van der Waals surface area contributed by atoms with Crippen LogP contribution in [-0.4, -0.2) is 67.0 Å². The summed E-state index contributed by atoms with van der Waals surface area (Å²) in [4.78, 5) is 21.7. The van der Waals surface area contributed by atoms with Crippen LogP contribution < -0.4 is 0 Å². The Kier molecular flexibility index (Phi) is 7.99. The normalized spacial score (nSPS) is 12.3. The van der Waals surface area contributed by atoms with Gasteiger partial charge in [0.2, 0.25) is 10.0 Å². The molecule has 1 aromatic heterocycles. The zero-order valence-corrected chi connectivity index (χ0v) is 22.8. The van der Waals surface area contributed by atoms with Crippen molar-refractivity contribution in [3.63, 3.8) is 0 Å². The summed E-state index contributed by atoms with van der Waals surface area (Å²) in [6.45, 7) is 2.44. The number of rotatable bonds is 9. The number of carbonyl (C=O) groups excluding carboxylic acids is 1. The van der Waals surface area contributed by atoms with Crippen molar-refractivity contribution < 1.29 is 18.3 Å². The highest BCUT2D eigenvalue weighted by atomic mass is 32.2. The molecule has 0 saturated heterocycles. The molecule has 198 valence electrons. The van der Waals surface area contributed by atoms with Gasteiger partial charge in [-0.3, -0.25) is 4.79 Å². The van der Waals surface area contributed by atoms with Crippen LogP contribution in [0.4, 0.5) is 5.69 Å². The first-order chi connectivity index (χ1) is 18.1. The zero-order valence-electron chi connectivity index (χ0n) is 22.0. The molecule has 2 N–H and O–H groups in total. The van der Waals surface area contributed by atoms with Crippen molar-refractivity contribution >= 4 is 38.2 Å². The molecule has 8 nitrogen and oxygen atoms in total. The van der Waals surface area contributed by atoms with E-state index in [9.17, 15) is 18.3 Å². The maximum absolute atomic E-state index is 13.3. The smallest absolute Gasteiger partial charge is 0.253 e. The number of carbonyl (C=O) groups is 1. The predicted octanol–water partition coefficient (Wildman–Crippen LogP) is 5.17. The predicted molar refractivity (Wildman–Crippen MR) is 151 cm³/mol. The van der Waals surface area contributed by atoms with Gasteiger partial charge in [-0.25, -0.2) is 17.7 Å². The number of sulfonamides is 1. The minimum Gasteiger partial charge on any atom is -0.494 e. The van der Waals surface area contributed by atoms with E-state index in [1.165, 1.54) is 9.21 Å². The molecule has 0 spiro atoms. The molecule has 0 bridgehead atoms. The van der Waals surface area contributed by atoms with Gasteiger partial charge in [0.25, 0.3) is 5.91 Å². The van der Waals surface area contributed by atoms with E-state index >= 15 is 0 Å². The van der Waals surface area contributed by atoms with E-state index in [0.29, 0.717) is 40.0 Å². The number of benzene rings is 3. The summed E-state index contributed by atoms with van der Waals surface area (Å²) in [7, 11) is 1.24. The lowest BCUT2D eigenvalue weighted by atomic mass is 10.0. The van der Waals surface area contributed by atoms with Gasteiger partial charge in [0.15, 0.2) is 5.88 Å². The van der Waals surface area contributed by atoms with Crippen molar-refractivity contribution in [2.24, 2.45) is 4.99 Å². The summed E-state index contributed by atoms with van der Waals surface area (Å²) in [6.07, 6.45) is 1.65. The Bertz CT molecular complexity index is 1570. The molecule has 0 fully saturated rings. The summed E-state index contributed by atoms with van der Waals surface area (Å²) < 4.78 is 27.9. The lowest BCUT2D eigenvalue weighted by Gasteiger charge is -2.17. The van der Waals surface area contributed by atoms with Crippen LogP contribution >= 0.6 is 0 Å². The monoisotopic (exact) mass is 532 g/mol. The number of aromatic nitrogens is 1. The summed E-state index contributed by atoms with van der Waals surface area (Å²) >= 11 is 0. The molecule has 0 aliphatic heterocycles. The fourth-order valence-electron chi connectivity index (χ4n) is 4.16. The fraction of sp³-hybridized carbons (Fsp3) is 0.241. The van der Waals surface area contributed by atoms with Gasteiger partial charge in [0.1, 0.15) is 0 Å². The molecule has 0 aliphatic rings. The molecule has 0 atom stereocenters. The van der Waals surface area contributed by atoms with E-state index < -0.39 is 10.0 Å².